The number of rotatable bonds is 11. The molecular formula is C32H37BrN4O4S2. The van der Waals surface area contributed by atoms with Crippen molar-refractivity contribution in [2.75, 3.05) is 23.8 Å². The second-order valence-electron chi connectivity index (χ2n) is 8.71. The Kier molecular flexibility index (Phi) is 16.6. The number of nitrogens with zero attached hydrogens (tertiary/aromatic N) is 2. The Morgan fingerprint density at radius 2 is 1.40 bits per heavy atom. The Labute approximate surface area is 270 Å². The van der Waals surface area contributed by atoms with Gasteiger partial charge in [0.1, 0.15) is 0 Å². The molecule has 0 spiro atoms. The van der Waals surface area contributed by atoms with Crippen LogP contribution in [0.4, 0.5) is 10.3 Å². The van der Waals surface area contributed by atoms with E-state index in [1.807, 2.05) is 61.0 Å². The SMILES string of the molecule is C=CC(=O)OCC.CCOC(=O)/C=C/c1cccc(CNc2nc(C)cs2)c1.Cc1csc(NCc2cccc(Br)c2)n1. The van der Waals surface area contributed by atoms with Crippen LogP contribution in [0.1, 0.15) is 41.9 Å². The second-order valence-corrected chi connectivity index (χ2v) is 11.3. The minimum atomic E-state index is -0.359. The molecule has 0 radical (unpaired) electrons. The first-order chi connectivity index (χ1) is 20.7. The van der Waals surface area contributed by atoms with Crippen LogP contribution >= 0.6 is 38.6 Å². The average molecular weight is 686 g/mol. The monoisotopic (exact) mass is 684 g/mol. The van der Waals surface area contributed by atoms with Gasteiger partial charge in [-0.05, 0) is 68.7 Å². The van der Waals surface area contributed by atoms with E-state index in [2.05, 4.69) is 60.0 Å². The number of aryl methyl sites for hydroxylation is 2. The zero-order chi connectivity index (χ0) is 31.5. The predicted octanol–water partition coefficient (Wildman–Crippen LogP) is 8.20. The molecule has 11 heteroatoms. The highest BCUT2D eigenvalue weighted by Crippen LogP contribution is 2.18. The Hall–Kier alpha value is -3.80. The lowest BCUT2D eigenvalue weighted by Crippen LogP contribution is -2.00. The van der Waals surface area contributed by atoms with Crippen LogP contribution in [-0.2, 0) is 32.2 Å². The van der Waals surface area contributed by atoms with E-state index in [0.717, 1.165) is 49.9 Å². The van der Waals surface area contributed by atoms with Crippen molar-refractivity contribution >= 4 is 66.9 Å². The quantitative estimate of drug-likeness (QED) is 0.120. The number of carbonyl (C=O) groups is 2. The third-order valence-corrected chi connectivity index (χ3v) is 7.45. The van der Waals surface area contributed by atoms with E-state index in [1.165, 1.54) is 11.6 Å². The fourth-order valence-electron chi connectivity index (χ4n) is 3.24. The van der Waals surface area contributed by atoms with Crippen LogP contribution in [-0.4, -0.2) is 35.1 Å². The van der Waals surface area contributed by atoms with Gasteiger partial charge in [-0.3, -0.25) is 0 Å². The molecule has 2 N–H and O–H groups in total. The predicted molar refractivity (Wildman–Crippen MR) is 181 cm³/mol. The normalized spacial score (nSPS) is 10.1. The summed E-state index contributed by atoms with van der Waals surface area (Å²) < 4.78 is 10.4. The Morgan fingerprint density at radius 3 is 1.86 bits per heavy atom. The lowest BCUT2D eigenvalue weighted by Gasteiger charge is -2.04. The minimum absolute atomic E-state index is 0.320. The largest absolute Gasteiger partial charge is 0.463 e. The topological polar surface area (TPSA) is 102 Å². The molecule has 0 unspecified atom stereocenters. The second kappa shape index (κ2) is 20.2. The van der Waals surface area contributed by atoms with Crippen LogP contribution < -0.4 is 10.6 Å². The van der Waals surface area contributed by atoms with Gasteiger partial charge in [-0.25, -0.2) is 19.6 Å². The number of halogens is 1. The molecule has 0 fully saturated rings. The lowest BCUT2D eigenvalue weighted by atomic mass is 10.1. The smallest absolute Gasteiger partial charge is 0.330 e. The number of carbonyl (C=O) groups excluding carboxylic acids is 2. The highest BCUT2D eigenvalue weighted by Gasteiger charge is 2.00. The van der Waals surface area contributed by atoms with Crippen molar-refractivity contribution in [1.82, 2.24) is 9.97 Å². The minimum Gasteiger partial charge on any atom is -0.463 e. The van der Waals surface area contributed by atoms with Gasteiger partial charge >= 0.3 is 11.9 Å². The third-order valence-electron chi connectivity index (χ3n) is 5.12. The van der Waals surface area contributed by atoms with E-state index in [9.17, 15) is 9.59 Å². The molecule has 43 heavy (non-hydrogen) atoms. The molecule has 2 heterocycles. The van der Waals surface area contributed by atoms with Crippen molar-refractivity contribution in [1.29, 1.82) is 0 Å². The molecule has 0 amide bonds. The number of hydrogen-bond acceptors (Lipinski definition) is 10. The molecule has 0 saturated heterocycles. The fourth-order valence-corrected chi connectivity index (χ4v) is 5.06. The van der Waals surface area contributed by atoms with E-state index in [4.69, 9.17) is 4.74 Å². The molecule has 4 rings (SSSR count). The first kappa shape index (κ1) is 35.4. The summed E-state index contributed by atoms with van der Waals surface area (Å²) >= 11 is 6.69. The van der Waals surface area contributed by atoms with Gasteiger partial charge in [0.2, 0.25) is 0 Å². The Morgan fingerprint density at radius 1 is 0.860 bits per heavy atom. The summed E-state index contributed by atoms with van der Waals surface area (Å²) in [5, 5.41) is 12.5. The summed E-state index contributed by atoms with van der Waals surface area (Å²) in [7, 11) is 0. The van der Waals surface area contributed by atoms with Crippen molar-refractivity contribution in [3.63, 3.8) is 0 Å². The van der Waals surface area contributed by atoms with E-state index in [-0.39, 0.29) is 11.9 Å². The Balaban J connectivity index is 0.000000255. The molecule has 2 aromatic heterocycles. The maximum absolute atomic E-state index is 11.3. The summed E-state index contributed by atoms with van der Waals surface area (Å²) in [5.41, 5.74) is 5.44. The molecule has 2 aromatic carbocycles. The van der Waals surface area contributed by atoms with Crippen molar-refractivity contribution in [2.45, 2.75) is 40.8 Å². The highest BCUT2D eigenvalue weighted by molar-refractivity contribution is 9.10. The molecule has 4 aromatic rings. The first-order valence-corrected chi connectivity index (χ1v) is 16.1. The zero-order valence-electron chi connectivity index (χ0n) is 24.8. The maximum Gasteiger partial charge on any atom is 0.330 e. The van der Waals surface area contributed by atoms with Crippen LogP contribution in [0.2, 0.25) is 0 Å². The standard InChI is InChI=1S/C16H18N2O2S.C11H11BrN2S.C5H8O2/c1-3-20-15(19)8-7-13-5-4-6-14(9-13)10-17-16-18-12(2)11-21-16;1-8-7-15-11(14-8)13-6-9-3-2-4-10(12)5-9;1-3-5(6)7-4-2/h4-9,11H,3,10H2,1-2H3,(H,17,18);2-5,7H,6H2,1H3,(H,13,14);3H,1,4H2,2H3/b8-7+;;. The number of hydrogen-bond donors (Lipinski definition) is 2. The molecule has 0 aliphatic carbocycles. The number of anilines is 2. The molecule has 0 aliphatic rings. The number of ether oxygens (including phenoxy) is 2. The Bertz CT molecular complexity index is 1470. The molecule has 8 nitrogen and oxygen atoms in total. The van der Waals surface area contributed by atoms with Crippen molar-refractivity contribution in [2.24, 2.45) is 0 Å². The summed E-state index contributed by atoms with van der Waals surface area (Å²) in [6.45, 7) is 13.0. The van der Waals surface area contributed by atoms with Crippen LogP contribution in [0.3, 0.4) is 0 Å². The van der Waals surface area contributed by atoms with Crippen LogP contribution in [0.25, 0.3) is 6.08 Å². The van der Waals surface area contributed by atoms with Gasteiger partial charge in [-0.1, -0.05) is 52.8 Å². The molecule has 0 bridgehead atoms. The van der Waals surface area contributed by atoms with Gasteiger partial charge in [-0.2, -0.15) is 0 Å². The van der Waals surface area contributed by atoms with Gasteiger partial charge in [-0.15, -0.1) is 22.7 Å². The molecule has 0 atom stereocenters. The molecule has 0 saturated carbocycles. The number of aromatic nitrogens is 2. The van der Waals surface area contributed by atoms with E-state index in [0.29, 0.717) is 19.8 Å². The maximum atomic E-state index is 11.3. The number of benzene rings is 2. The van der Waals surface area contributed by atoms with E-state index < -0.39 is 0 Å². The van der Waals surface area contributed by atoms with Gasteiger partial charge in [0.25, 0.3) is 0 Å². The molecule has 228 valence electrons. The van der Waals surface area contributed by atoms with Gasteiger partial charge in [0.15, 0.2) is 10.3 Å². The van der Waals surface area contributed by atoms with Crippen molar-refractivity contribution < 1.29 is 19.1 Å². The van der Waals surface area contributed by atoms with E-state index >= 15 is 0 Å². The fraction of sp³-hybridized carbons (Fsp3) is 0.250. The average Bonchev–Trinajstić information content (AvgIpc) is 3.62. The van der Waals surface area contributed by atoms with Crippen molar-refractivity contribution in [3.8, 4) is 0 Å². The summed E-state index contributed by atoms with van der Waals surface area (Å²) in [6, 6.07) is 16.2. The number of esters is 2. The van der Waals surface area contributed by atoms with Crippen LogP contribution in [0.5, 0.6) is 0 Å². The van der Waals surface area contributed by atoms with E-state index in [1.54, 1.807) is 42.6 Å². The first-order valence-electron chi connectivity index (χ1n) is 13.5. The van der Waals surface area contributed by atoms with Gasteiger partial charge in [0, 0.05) is 40.5 Å². The lowest BCUT2D eigenvalue weighted by molar-refractivity contribution is -0.138. The van der Waals surface area contributed by atoms with Crippen LogP contribution in [0.15, 0.2) is 82.5 Å². The van der Waals surface area contributed by atoms with Crippen molar-refractivity contribution in [3.05, 3.63) is 111 Å². The third kappa shape index (κ3) is 15.3. The van der Waals surface area contributed by atoms with Crippen LogP contribution in [0, 0.1) is 13.8 Å². The highest BCUT2D eigenvalue weighted by atomic mass is 79.9. The number of nitrogens with one attached hydrogen (secondary N) is 2. The van der Waals surface area contributed by atoms with Gasteiger partial charge in [0.05, 0.1) is 24.6 Å². The summed E-state index contributed by atoms with van der Waals surface area (Å²) in [6.07, 6.45) is 4.35. The number of thiazole rings is 2. The molecule has 0 aliphatic heterocycles. The summed E-state index contributed by atoms with van der Waals surface area (Å²) in [5.74, 6) is -0.679. The molecular weight excluding hydrogens is 648 g/mol. The summed E-state index contributed by atoms with van der Waals surface area (Å²) in [4.78, 5) is 30.1. The van der Waals surface area contributed by atoms with Gasteiger partial charge < -0.3 is 20.1 Å². The zero-order valence-corrected chi connectivity index (χ0v) is 28.0.